The lowest BCUT2D eigenvalue weighted by atomic mass is 9.98. The van der Waals surface area contributed by atoms with Gasteiger partial charge >= 0.3 is 11.9 Å². The van der Waals surface area contributed by atoms with Crippen LogP contribution in [0.4, 0.5) is 0 Å². The first-order valence-corrected chi connectivity index (χ1v) is 10.2. The topological polar surface area (TPSA) is 52.6 Å². The van der Waals surface area contributed by atoms with E-state index in [0.717, 1.165) is 36.0 Å². The number of esters is 2. The van der Waals surface area contributed by atoms with Crippen LogP contribution in [0.15, 0.2) is 66.7 Å². The molecule has 0 bridgehead atoms. The molecule has 4 heteroatoms. The van der Waals surface area contributed by atoms with E-state index in [2.05, 4.69) is 6.92 Å². The Bertz CT molecular complexity index is 1020. The zero-order chi connectivity index (χ0) is 21.5. The standard InChI is InChI=1S/C26H26O4/c1-4-5-12-22-17-18(2)23(29-25(27)20-13-8-6-9-14-20)24(19(22)3)30-26(28)21-15-10-7-11-16-21/h6-11,13-17H,4-5,12H2,1-3H3. The smallest absolute Gasteiger partial charge is 0.343 e. The molecule has 0 amide bonds. The summed E-state index contributed by atoms with van der Waals surface area (Å²) < 4.78 is 11.5. The van der Waals surface area contributed by atoms with Gasteiger partial charge in [0.2, 0.25) is 0 Å². The predicted octanol–water partition coefficient (Wildman–Crippen LogP) is 6.08. The largest absolute Gasteiger partial charge is 0.419 e. The maximum absolute atomic E-state index is 12.7. The molecule has 0 aromatic heterocycles. The molecule has 154 valence electrons. The van der Waals surface area contributed by atoms with Crippen LogP contribution in [0.3, 0.4) is 0 Å². The number of ether oxygens (including phenoxy) is 2. The average molecular weight is 402 g/mol. The van der Waals surface area contributed by atoms with Crippen molar-refractivity contribution in [2.45, 2.75) is 40.0 Å². The van der Waals surface area contributed by atoms with Crippen molar-refractivity contribution in [2.24, 2.45) is 0 Å². The quantitative estimate of drug-likeness (QED) is 0.355. The molecule has 0 spiro atoms. The minimum atomic E-state index is -0.489. The second-order valence-electron chi connectivity index (χ2n) is 7.25. The fourth-order valence-electron chi connectivity index (χ4n) is 3.26. The summed E-state index contributed by atoms with van der Waals surface area (Å²) in [6.07, 6.45) is 2.95. The Hall–Kier alpha value is -3.40. The Morgan fingerprint density at radius 2 is 1.27 bits per heavy atom. The van der Waals surface area contributed by atoms with Crippen LogP contribution in [0.1, 0.15) is 57.2 Å². The third-order valence-corrected chi connectivity index (χ3v) is 4.99. The molecule has 3 rings (SSSR count). The number of hydrogen-bond acceptors (Lipinski definition) is 4. The summed E-state index contributed by atoms with van der Waals surface area (Å²) in [5.41, 5.74) is 3.53. The fraction of sp³-hybridized carbons (Fsp3) is 0.231. The molecular weight excluding hydrogens is 376 g/mol. The van der Waals surface area contributed by atoms with Crippen LogP contribution in [0.5, 0.6) is 11.5 Å². The van der Waals surface area contributed by atoms with E-state index in [0.29, 0.717) is 16.9 Å². The highest BCUT2D eigenvalue weighted by Crippen LogP contribution is 2.38. The second kappa shape index (κ2) is 9.88. The van der Waals surface area contributed by atoms with E-state index in [9.17, 15) is 9.59 Å². The lowest BCUT2D eigenvalue weighted by Crippen LogP contribution is -2.15. The summed E-state index contributed by atoms with van der Waals surface area (Å²) in [5.74, 6) is -0.385. The molecule has 0 aliphatic heterocycles. The minimum absolute atomic E-state index is 0.283. The molecule has 30 heavy (non-hydrogen) atoms. The Kier molecular flexibility index (Phi) is 7.02. The number of carbonyl (C=O) groups is 2. The first kappa shape index (κ1) is 21.3. The van der Waals surface area contributed by atoms with Gasteiger partial charge in [0.05, 0.1) is 11.1 Å². The first-order chi connectivity index (χ1) is 14.5. The highest BCUT2D eigenvalue weighted by atomic mass is 16.6. The van der Waals surface area contributed by atoms with Crippen molar-refractivity contribution < 1.29 is 19.1 Å². The molecule has 3 aromatic carbocycles. The third kappa shape index (κ3) is 4.95. The molecule has 0 fully saturated rings. The Labute approximate surface area is 177 Å². The van der Waals surface area contributed by atoms with Gasteiger partial charge < -0.3 is 9.47 Å². The molecule has 0 N–H and O–H groups in total. The van der Waals surface area contributed by atoms with Crippen molar-refractivity contribution in [1.29, 1.82) is 0 Å². The summed E-state index contributed by atoms with van der Waals surface area (Å²) in [6, 6.07) is 19.6. The molecule has 3 aromatic rings. The van der Waals surface area contributed by atoms with Gasteiger partial charge in [-0.2, -0.15) is 0 Å². The summed E-state index contributed by atoms with van der Waals surface area (Å²) in [4.78, 5) is 25.4. The summed E-state index contributed by atoms with van der Waals surface area (Å²) in [7, 11) is 0. The SMILES string of the molecule is CCCCc1cc(C)c(OC(=O)c2ccccc2)c(OC(=O)c2ccccc2)c1C. The van der Waals surface area contributed by atoms with Crippen LogP contribution >= 0.6 is 0 Å². The van der Waals surface area contributed by atoms with Gasteiger partial charge in [0.1, 0.15) is 0 Å². The Morgan fingerprint density at radius 1 is 0.767 bits per heavy atom. The molecular formula is C26H26O4. The van der Waals surface area contributed by atoms with Crippen LogP contribution in [-0.4, -0.2) is 11.9 Å². The van der Waals surface area contributed by atoms with Crippen LogP contribution in [0, 0.1) is 13.8 Å². The number of aryl methyl sites for hydroxylation is 2. The van der Waals surface area contributed by atoms with Gasteiger partial charge in [0.25, 0.3) is 0 Å². The summed E-state index contributed by atoms with van der Waals surface area (Å²) >= 11 is 0. The summed E-state index contributed by atoms with van der Waals surface area (Å²) in [5, 5.41) is 0. The van der Waals surface area contributed by atoms with Crippen LogP contribution in [0.25, 0.3) is 0 Å². The number of benzene rings is 3. The molecule has 0 unspecified atom stereocenters. The Morgan fingerprint density at radius 3 is 1.77 bits per heavy atom. The minimum Gasteiger partial charge on any atom is -0.419 e. The zero-order valence-electron chi connectivity index (χ0n) is 17.6. The molecule has 0 saturated heterocycles. The highest BCUT2D eigenvalue weighted by Gasteiger charge is 2.22. The number of rotatable bonds is 7. The molecule has 0 radical (unpaired) electrons. The van der Waals surface area contributed by atoms with Gasteiger partial charge in [-0.25, -0.2) is 9.59 Å². The molecule has 0 heterocycles. The summed E-state index contributed by atoms with van der Waals surface area (Å²) in [6.45, 7) is 5.90. The van der Waals surface area contributed by atoms with Crippen LogP contribution < -0.4 is 9.47 Å². The lowest BCUT2D eigenvalue weighted by Gasteiger charge is -2.18. The van der Waals surface area contributed by atoms with E-state index in [4.69, 9.17) is 9.47 Å². The van der Waals surface area contributed by atoms with Crippen molar-refractivity contribution >= 4 is 11.9 Å². The van der Waals surface area contributed by atoms with Gasteiger partial charge in [-0.3, -0.25) is 0 Å². The van der Waals surface area contributed by atoms with Gasteiger partial charge in [-0.1, -0.05) is 55.8 Å². The maximum Gasteiger partial charge on any atom is 0.343 e. The van der Waals surface area contributed by atoms with E-state index in [1.54, 1.807) is 48.5 Å². The van der Waals surface area contributed by atoms with E-state index >= 15 is 0 Å². The van der Waals surface area contributed by atoms with Crippen molar-refractivity contribution in [3.8, 4) is 11.5 Å². The molecule has 0 aliphatic rings. The first-order valence-electron chi connectivity index (χ1n) is 10.2. The second-order valence-corrected chi connectivity index (χ2v) is 7.25. The van der Waals surface area contributed by atoms with Crippen molar-refractivity contribution in [3.05, 3.63) is 94.5 Å². The van der Waals surface area contributed by atoms with Crippen molar-refractivity contribution in [2.75, 3.05) is 0 Å². The molecule has 0 atom stereocenters. The number of carbonyl (C=O) groups excluding carboxylic acids is 2. The normalized spacial score (nSPS) is 10.5. The predicted molar refractivity (Wildman–Crippen MR) is 117 cm³/mol. The van der Waals surface area contributed by atoms with Gasteiger partial charge in [0.15, 0.2) is 11.5 Å². The van der Waals surface area contributed by atoms with Crippen molar-refractivity contribution in [1.82, 2.24) is 0 Å². The Balaban J connectivity index is 2.00. The molecule has 4 nitrogen and oxygen atoms in total. The van der Waals surface area contributed by atoms with Crippen LogP contribution in [0.2, 0.25) is 0 Å². The lowest BCUT2D eigenvalue weighted by molar-refractivity contribution is 0.0680. The fourth-order valence-corrected chi connectivity index (χ4v) is 3.26. The highest BCUT2D eigenvalue weighted by molar-refractivity contribution is 5.93. The van der Waals surface area contributed by atoms with Crippen LogP contribution in [-0.2, 0) is 6.42 Å². The van der Waals surface area contributed by atoms with E-state index < -0.39 is 11.9 Å². The van der Waals surface area contributed by atoms with E-state index in [1.165, 1.54) is 0 Å². The van der Waals surface area contributed by atoms with Gasteiger partial charge in [0, 0.05) is 0 Å². The average Bonchev–Trinajstić information content (AvgIpc) is 2.78. The molecule has 0 aliphatic carbocycles. The number of unbranched alkanes of at least 4 members (excludes halogenated alkanes) is 1. The van der Waals surface area contributed by atoms with Gasteiger partial charge in [-0.05, 0) is 67.6 Å². The monoisotopic (exact) mass is 402 g/mol. The van der Waals surface area contributed by atoms with Crippen molar-refractivity contribution in [3.63, 3.8) is 0 Å². The van der Waals surface area contributed by atoms with Gasteiger partial charge in [-0.15, -0.1) is 0 Å². The molecule has 0 saturated carbocycles. The van der Waals surface area contributed by atoms with E-state index in [-0.39, 0.29) is 5.75 Å². The number of hydrogen-bond donors (Lipinski definition) is 0. The zero-order valence-corrected chi connectivity index (χ0v) is 17.6. The third-order valence-electron chi connectivity index (χ3n) is 4.99. The van der Waals surface area contributed by atoms with E-state index in [1.807, 2.05) is 32.0 Å². The maximum atomic E-state index is 12.7.